The molecule has 0 amide bonds. The molecule has 0 fully saturated rings. The predicted octanol–water partition coefficient (Wildman–Crippen LogP) is 3.11. The van der Waals surface area contributed by atoms with Crippen molar-refractivity contribution in [2.75, 3.05) is 24.2 Å². The Morgan fingerprint density at radius 1 is 1.43 bits per heavy atom. The van der Waals surface area contributed by atoms with E-state index in [1.54, 1.807) is 0 Å². The Bertz CT molecular complexity index is 299. The fourth-order valence-corrected chi connectivity index (χ4v) is 1.90. The van der Waals surface area contributed by atoms with Crippen LogP contribution >= 0.6 is 22.6 Å². The largest absolute Gasteiger partial charge is 0.397 e. The standard InChI is InChI=1S/C11H17IN2/c1-3-4-7-14(2)11-6-5-9(12)8-10(11)13/h5-6,8H,3-4,7,13H2,1-2H3. The lowest BCUT2D eigenvalue weighted by atomic mass is 10.2. The molecule has 1 rings (SSSR count). The maximum atomic E-state index is 5.95. The molecule has 78 valence electrons. The molecule has 1 aromatic carbocycles. The molecule has 2 N–H and O–H groups in total. The van der Waals surface area contributed by atoms with E-state index in [0.717, 1.165) is 17.9 Å². The third kappa shape index (κ3) is 3.04. The fourth-order valence-electron chi connectivity index (χ4n) is 1.39. The number of halogens is 1. The highest BCUT2D eigenvalue weighted by atomic mass is 127. The summed E-state index contributed by atoms with van der Waals surface area (Å²) in [5.74, 6) is 0. The van der Waals surface area contributed by atoms with E-state index in [4.69, 9.17) is 5.73 Å². The van der Waals surface area contributed by atoms with Gasteiger partial charge >= 0.3 is 0 Å². The quantitative estimate of drug-likeness (QED) is 0.684. The SMILES string of the molecule is CCCCN(C)c1ccc(I)cc1N. The van der Waals surface area contributed by atoms with Gasteiger partial charge in [0, 0.05) is 17.2 Å². The number of unbranched alkanes of at least 4 members (excludes halogenated alkanes) is 1. The fraction of sp³-hybridized carbons (Fsp3) is 0.455. The molecule has 0 heterocycles. The number of nitrogens with zero attached hydrogens (tertiary/aromatic N) is 1. The first kappa shape index (κ1) is 11.6. The van der Waals surface area contributed by atoms with Gasteiger partial charge in [0.15, 0.2) is 0 Å². The smallest absolute Gasteiger partial charge is 0.0598 e. The highest BCUT2D eigenvalue weighted by molar-refractivity contribution is 14.1. The summed E-state index contributed by atoms with van der Waals surface area (Å²) in [7, 11) is 2.09. The molecule has 0 radical (unpaired) electrons. The van der Waals surface area contributed by atoms with Crippen molar-refractivity contribution in [2.24, 2.45) is 0 Å². The summed E-state index contributed by atoms with van der Waals surface area (Å²) in [5, 5.41) is 0. The van der Waals surface area contributed by atoms with Crippen LogP contribution in [0.25, 0.3) is 0 Å². The van der Waals surface area contributed by atoms with E-state index >= 15 is 0 Å². The maximum absolute atomic E-state index is 5.95. The van der Waals surface area contributed by atoms with E-state index in [9.17, 15) is 0 Å². The number of rotatable bonds is 4. The molecule has 0 aliphatic rings. The van der Waals surface area contributed by atoms with Crippen molar-refractivity contribution in [1.82, 2.24) is 0 Å². The zero-order valence-corrected chi connectivity index (χ0v) is 10.9. The molecule has 0 aliphatic carbocycles. The van der Waals surface area contributed by atoms with Crippen LogP contribution in [0.5, 0.6) is 0 Å². The highest BCUT2D eigenvalue weighted by Crippen LogP contribution is 2.24. The number of nitrogens with two attached hydrogens (primary N) is 1. The van der Waals surface area contributed by atoms with Crippen LogP contribution in [0.2, 0.25) is 0 Å². The van der Waals surface area contributed by atoms with Gasteiger partial charge in [0.25, 0.3) is 0 Å². The van der Waals surface area contributed by atoms with Gasteiger partial charge in [-0.3, -0.25) is 0 Å². The van der Waals surface area contributed by atoms with Crippen molar-refractivity contribution >= 4 is 34.0 Å². The van der Waals surface area contributed by atoms with Crippen molar-refractivity contribution in [3.8, 4) is 0 Å². The Morgan fingerprint density at radius 2 is 2.14 bits per heavy atom. The van der Waals surface area contributed by atoms with Crippen LogP contribution in [0.15, 0.2) is 18.2 Å². The Balaban J connectivity index is 2.74. The van der Waals surface area contributed by atoms with Crippen molar-refractivity contribution in [3.05, 3.63) is 21.8 Å². The van der Waals surface area contributed by atoms with E-state index in [2.05, 4.69) is 53.6 Å². The minimum absolute atomic E-state index is 0.871. The van der Waals surface area contributed by atoms with E-state index in [0.29, 0.717) is 0 Å². The van der Waals surface area contributed by atoms with E-state index < -0.39 is 0 Å². The van der Waals surface area contributed by atoms with Crippen LogP contribution in [0.1, 0.15) is 19.8 Å². The number of benzene rings is 1. The first-order valence-corrected chi connectivity index (χ1v) is 5.99. The molecular weight excluding hydrogens is 287 g/mol. The van der Waals surface area contributed by atoms with Crippen LogP contribution in [-0.2, 0) is 0 Å². The van der Waals surface area contributed by atoms with Crippen molar-refractivity contribution in [3.63, 3.8) is 0 Å². The molecule has 14 heavy (non-hydrogen) atoms. The predicted molar refractivity (Wildman–Crippen MR) is 71.7 cm³/mol. The van der Waals surface area contributed by atoms with Crippen LogP contribution in [-0.4, -0.2) is 13.6 Å². The van der Waals surface area contributed by atoms with E-state index in [-0.39, 0.29) is 0 Å². The van der Waals surface area contributed by atoms with Gasteiger partial charge in [0.2, 0.25) is 0 Å². The highest BCUT2D eigenvalue weighted by Gasteiger charge is 2.04. The molecule has 0 aliphatic heterocycles. The molecular formula is C11H17IN2. The zero-order valence-electron chi connectivity index (χ0n) is 8.76. The van der Waals surface area contributed by atoms with E-state index in [1.165, 1.54) is 16.4 Å². The lowest BCUT2D eigenvalue weighted by Crippen LogP contribution is -2.19. The normalized spacial score (nSPS) is 10.2. The number of hydrogen-bond acceptors (Lipinski definition) is 2. The molecule has 0 spiro atoms. The topological polar surface area (TPSA) is 29.3 Å². The second-order valence-corrected chi connectivity index (χ2v) is 4.72. The monoisotopic (exact) mass is 304 g/mol. The molecule has 1 aromatic rings. The second-order valence-electron chi connectivity index (χ2n) is 3.48. The van der Waals surface area contributed by atoms with Gasteiger partial charge < -0.3 is 10.6 Å². The average Bonchev–Trinajstić information content (AvgIpc) is 2.14. The Labute approximate surface area is 99.6 Å². The van der Waals surface area contributed by atoms with Crippen molar-refractivity contribution < 1.29 is 0 Å². The van der Waals surface area contributed by atoms with Crippen molar-refractivity contribution in [2.45, 2.75) is 19.8 Å². The molecule has 0 saturated carbocycles. The lowest BCUT2D eigenvalue weighted by molar-refractivity contribution is 0.767. The Kier molecular flexibility index (Phi) is 4.51. The molecule has 0 atom stereocenters. The third-order valence-electron chi connectivity index (χ3n) is 2.25. The summed E-state index contributed by atoms with van der Waals surface area (Å²) >= 11 is 2.28. The molecule has 0 bridgehead atoms. The van der Waals surface area contributed by atoms with Crippen LogP contribution in [0.3, 0.4) is 0 Å². The molecule has 0 saturated heterocycles. The summed E-state index contributed by atoms with van der Waals surface area (Å²) in [6, 6.07) is 6.19. The van der Waals surface area contributed by atoms with Gasteiger partial charge in [0.05, 0.1) is 11.4 Å². The number of hydrogen-bond donors (Lipinski definition) is 1. The molecule has 0 aromatic heterocycles. The summed E-state index contributed by atoms with van der Waals surface area (Å²) in [4.78, 5) is 2.22. The van der Waals surface area contributed by atoms with Crippen molar-refractivity contribution in [1.29, 1.82) is 0 Å². The van der Waals surface area contributed by atoms with Crippen LogP contribution in [0, 0.1) is 3.57 Å². The average molecular weight is 304 g/mol. The van der Waals surface area contributed by atoms with E-state index in [1.807, 2.05) is 6.07 Å². The van der Waals surface area contributed by atoms with Crippen LogP contribution < -0.4 is 10.6 Å². The minimum atomic E-state index is 0.871. The Morgan fingerprint density at radius 3 is 2.71 bits per heavy atom. The van der Waals surface area contributed by atoms with Gasteiger partial charge in [-0.2, -0.15) is 0 Å². The maximum Gasteiger partial charge on any atom is 0.0598 e. The minimum Gasteiger partial charge on any atom is -0.397 e. The molecule has 2 nitrogen and oxygen atoms in total. The summed E-state index contributed by atoms with van der Waals surface area (Å²) in [5.41, 5.74) is 7.96. The summed E-state index contributed by atoms with van der Waals surface area (Å²) < 4.78 is 1.19. The third-order valence-corrected chi connectivity index (χ3v) is 2.92. The van der Waals surface area contributed by atoms with Gasteiger partial charge in [-0.1, -0.05) is 13.3 Å². The number of nitrogen functional groups attached to an aromatic ring is 1. The van der Waals surface area contributed by atoms with Gasteiger partial charge in [-0.05, 0) is 47.2 Å². The summed E-state index contributed by atoms with van der Waals surface area (Å²) in [6.07, 6.45) is 2.43. The zero-order chi connectivity index (χ0) is 10.6. The number of anilines is 2. The Hall–Kier alpha value is -0.450. The first-order chi connectivity index (χ1) is 6.65. The van der Waals surface area contributed by atoms with Crippen LogP contribution in [0.4, 0.5) is 11.4 Å². The summed E-state index contributed by atoms with van der Waals surface area (Å²) in [6.45, 7) is 3.27. The lowest BCUT2D eigenvalue weighted by Gasteiger charge is -2.20. The van der Waals surface area contributed by atoms with Gasteiger partial charge in [-0.15, -0.1) is 0 Å². The molecule has 3 heteroatoms. The molecule has 0 unspecified atom stereocenters. The van der Waals surface area contributed by atoms with Gasteiger partial charge in [-0.25, -0.2) is 0 Å². The van der Waals surface area contributed by atoms with Gasteiger partial charge in [0.1, 0.15) is 0 Å². The second kappa shape index (κ2) is 5.44. The first-order valence-electron chi connectivity index (χ1n) is 4.91.